The van der Waals surface area contributed by atoms with Crippen LogP contribution < -0.4 is 10.1 Å². The first-order valence-corrected chi connectivity index (χ1v) is 14.8. The molecule has 0 atom stereocenters. The zero-order valence-electron chi connectivity index (χ0n) is 23.3. The first-order valence-electron chi connectivity index (χ1n) is 14.0. The quantitative estimate of drug-likeness (QED) is 0.306. The molecule has 1 fully saturated rings. The molecule has 9 heteroatoms. The maximum Gasteiger partial charge on any atom is 0.138 e. The van der Waals surface area contributed by atoms with Gasteiger partial charge in [0, 0.05) is 54.9 Å². The highest BCUT2D eigenvalue weighted by Crippen LogP contribution is 2.40. The van der Waals surface area contributed by atoms with Crippen molar-refractivity contribution in [2.45, 2.75) is 84.4 Å². The summed E-state index contributed by atoms with van der Waals surface area (Å²) in [7, 11) is 0. The number of thiophene rings is 1. The molecule has 3 aromatic heterocycles. The van der Waals surface area contributed by atoms with Crippen molar-refractivity contribution in [2.24, 2.45) is 0 Å². The van der Waals surface area contributed by atoms with Gasteiger partial charge in [0.1, 0.15) is 22.7 Å². The standard InChI is InChI=1S/C30H38N6O2S/c1-20(2)38-25-6-5-21(13-22(25)16-36-12-9-31-19-36)15-35-10-7-23(8-11-35)34-28-27-24-14-30(3,4)37-17-26(24)39-29(27)33-18-32-28/h5-6,9,12-13,18-20,23H,7-8,10-11,14-17H2,1-4H3,(H,32,33,34). The number of aromatic nitrogens is 4. The number of rotatable bonds is 8. The van der Waals surface area contributed by atoms with E-state index in [4.69, 9.17) is 14.5 Å². The lowest BCUT2D eigenvalue weighted by Crippen LogP contribution is -2.39. The van der Waals surface area contributed by atoms with Crippen molar-refractivity contribution in [3.63, 3.8) is 0 Å². The van der Waals surface area contributed by atoms with Gasteiger partial charge in [-0.3, -0.25) is 4.90 Å². The number of likely N-dealkylation sites (tertiary alicyclic amines) is 1. The van der Waals surface area contributed by atoms with Gasteiger partial charge in [-0.25, -0.2) is 15.0 Å². The van der Waals surface area contributed by atoms with Crippen LogP contribution in [0.2, 0.25) is 0 Å². The van der Waals surface area contributed by atoms with Crippen LogP contribution in [-0.4, -0.2) is 55.3 Å². The van der Waals surface area contributed by atoms with E-state index in [2.05, 4.69) is 70.6 Å². The molecule has 0 aliphatic carbocycles. The summed E-state index contributed by atoms with van der Waals surface area (Å²) in [6, 6.07) is 7.04. The largest absolute Gasteiger partial charge is 0.491 e. The maximum absolute atomic E-state index is 6.11. The fourth-order valence-electron chi connectivity index (χ4n) is 5.67. The molecule has 0 amide bonds. The average Bonchev–Trinajstić information content (AvgIpc) is 3.54. The molecule has 206 valence electrons. The number of piperidine rings is 1. The van der Waals surface area contributed by atoms with Crippen molar-refractivity contribution in [2.75, 3.05) is 18.4 Å². The molecule has 0 unspecified atom stereocenters. The highest BCUT2D eigenvalue weighted by atomic mass is 32.1. The summed E-state index contributed by atoms with van der Waals surface area (Å²) in [5, 5.41) is 4.99. The number of hydrogen-bond acceptors (Lipinski definition) is 8. The summed E-state index contributed by atoms with van der Waals surface area (Å²) in [6.07, 6.45) is 10.6. The van der Waals surface area contributed by atoms with Crippen LogP contribution in [-0.2, 0) is 30.9 Å². The van der Waals surface area contributed by atoms with Crippen LogP contribution in [0.5, 0.6) is 5.75 Å². The molecule has 1 aromatic carbocycles. The van der Waals surface area contributed by atoms with Crippen molar-refractivity contribution in [1.29, 1.82) is 0 Å². The van der Waals surface area contributed by atoms with Crippen LogP contribution in [0.1, 0.15) is 62.1 Å². The Labute approximate surface area is 234 Å². The third kappa shape index (κ3) is 5.95. The van der Waals surface area contributed by atoms with E-state index in [1.54, 1.807) is 17.7 Å². The van der Waals surface area contributed by atoms with Crippen molar-refractivity contribution < 1.29 is 9.47 Å². The number of hydrogen-bond donors (Lipinski definition) is 1. The Morgan fingerprint density at radius 3 is 2.79 bits per heavy atom. The average molecular weight is 547 g/mol. The molecule has 2 aliphatic rings. The minimum Gasteiger partial charge on any atom is -0.491 e. The van der Waals surface area contributed by atoms with Gasteiger partial charge in [0.15, 0.2) is 0 Å². The highest BCUT2D eigenvalue weighted by Gasteiger charge is 2.31. The highest BCUT2D eigenvalue weighted by molar-refractivity contribution is 7.18. The fourth-order valence-corrected chi connectivity index (χ4v) is 6.75. The van der Waals surface area contributed by atoms with E-state index in [0.29, 0.717) is 12.6 Å². The minimum absolute atomic E-state index is 0.138. The molecule has 8 nitrogen and oxygen atoms in total. The molecule has 6 rings (SSSR count). The number of anilines is 1. The minimum atomic E-state index is -0.156. The molecule has 5 heterocycles. The Hall–Kier alpha value is -3.01. The Kier molecular flexibility index (Phi) is 7.31. The van der Waals surface area contributed by atoms with Gasteiger partial charge in [-0.15, -0.1) is 11.3 Å². The number of imidazole rings is 1. The third-order valence-corrected chi connectivity index (χ3v) is 8.72. The number of nitrogens with one attached hydrogen (secondary N) is 1. The van der Waals surface area contributed by atoms with Crippen molar-refractivity contribution >= 4 is 27.4 Å². The summed E-state index contributed by atoms with van der Waals surface area (Å²) < 4.78 is 14.3. The predicted octanol–water partition coefficient (Wildman–Crippen LogP) is 5.65. The molecule has 0 bridgehead atoms. The van der Waals surface area contributed by atoms with Gasteiger partial charge in [-0.05, 0) is 63.8 Å². The van der Waals surface area contributed by atoms with Crippen molar-refractivity contribution in [1.82, 2.24) is 24.4 Å². The molecule has 1 saturated heterocycles. The summed E-state index contributed by atoms with van der Waals surface area (Å²) >= 11 is 1.75. The SMILES string of the molecule is CC(C)Oc1ccc(CN2CCC(Nc3ncnc4sc5c(c34)CC(C)(C)OC5)CC2)cc1Cn1ccnc1. The predicted molar refractivity (Wildman–Crippen MR) is 155 cm³/mol. The maximum atomic E-state index is 6.11. The van der Waals surface area contributed by atoms with Crippen LogP contribution in [0.25, 0.3) is 10.2 Å². The zero-order chi connectivity index (χ0) is 27.0. The summed E-state index contributed by atoms with van der Waals surface area (Å²) in [5.74, 6) is 1.94. The van der Waals surface area contributed by atoms with Gasteiger partial charge in [-0.1, -0.05) is 6.07 Å². The Morgan fingerprint density at radius 2 is 2.03 bits per heavy atom. The van der Waals surface area contributed by atoms with Gasteiger partial charge < -0.3 is 19.4 Å². The fraction of sp³-hybridized carbons (Fsp3) is 0.500. The Bertz CT molecular complexity index is 1420. The molecule has 0 spiro atoms. The van der Waals surface area contributed by atoms with Crippen LogP contribution >= 0.6 is 11.3 Å². The van der Waals surface area contributed by atoms with E-state index in [1.165, 1.54) is 27.0 Å². The van der Waals surface area contributed by atoms with Gasteiger partial charge in [0.25, 0.3) is 0 Å². The second-order valence-corrected chi connectivity index (χ2v) is 12.8. The lowest BCUT2D eigenvalue weighted by molar-refractivity contribution is -0.0379. The second kappa shape index (κ2) is 10.9. The lowest BCUT2D eigenvalue weighted by Gasteiger charge is -2.33. The first kappa shape index (κ1) is 26.2. The first-order chi connectivity index (χ1) is 18.8. The van der Waals surface area contributed by atoms with Crippen molar-refractivity contribution in [3.05, 3.63) is 64.8 Å². The second-order valence-electron chi connectivity index (χ2n) is 11.7. The van der Waals surface area contributed by atoms with E-state index in [-0.39, 0.29) is 11.7 Å². The lowest BCUT2D eigenvalue weighted by atomic mass is 9.94. The third-order valence-electron chi connectivity index (χ3n) is 7.60. The van der Waals surface area contributed by atoms with E-state index in [9.17, 15) is 0 Å². The molecular formula is C30H38N6O2S. The molecule has 1 N–H and O–H groups in total. The van der Waals surface area contributed by atoms with Gasteiger partial charge in [0.05, 0.1) is 36.6 Å². The van der Waals surface area contributed by atoms with Gasteiger partial charge in [0.2, 0.25) is 0 Å². The van der Waals surface area contributed by atoms with E-state index < -0.39 is 0 Å². The summed E-state index contributed by atoms with van der Waals surface area (Å²) in [4.78, 5) is 18.4. The molecular weight excluding hydrogens is 508 g/mol. The molecule has 2 aliphatic heterocycles. The van der Waals surface area contributed by atoms with E-state index in [0.717, 1.165) is 61.8 Å². The summed E-state index contributed by atoms with van der Waals surface area (Å²) in [5.41, 5.74) is 3.72. The van der Waals surface area contributed by atoms with Crippen LogP contribution in [0, 0.1) is 0 Å². The molecule has 39 heavy (non-hydrogen) atoms. The Balaban J connectivity index is 1.11. The molecule has 0 radical (unpaired) electrons. The van der Waals surface area contributed by atoms with E-state index >= 15 is 0 Å². The summed E-state index contributed by atoms with van der Waals surface area (Å²) in [6.45, 7) is 12.9. The topological polar surface area (TPSA) is 77.3 Å². The number of nitrogens with zero attached hydrogens (tertiary/aromatic N) is 5. The number of benzene rings is 1. The van der Waals surface area contributed by atoms with Gasteiger partial charge >= 0.3 is 0 Å². The molecule has 0 saturated carbocycles. The van der Waals surface area contributed by atoms with Crippen LogP contribution in [0.3, 0.4) is 0 Å². The van der Waals surface area contributed by atoms with Crippen LogP contribution in [0.4, 0.5) is 5.82 Å². The normalized spacial score (nSPS) is 18.0. The van der Waals surface area contributed by atoms with Crippen molar-refractivity contribution in [3.8, 4) is 5.75 Å². The molecule has 4 aromatic rings. The number of fused-ring (bicyclic) bond motifs is 3. The zero-order valence-corrected chi connectivity index (χ0v) is 24.1. The Morgan fingerprint density at radius 1 is 1.18 bits per heavy atom. The smallest absolute Gasteiger partial charge is 0.138 e. The van der Waals surface area contributed by atoms with E-state index in [1.807, 2.05) is 18.7 Å². The van der Waals surface area contributed by atoms with Gasteiger partial charge in [-0.2, -0.15) is 0 Å². The monoisotopic (exact) mass is 546 g/mol. The van der Waals surface area contributed by atoms with Crippen LogP contribution in [0.15, 0.2) is 43.2 Å². The number of ether oxygens (including phenoxy) is 2.